The van der Waals surface area contributed by atoms with Crippen molar-refractivity contribution in [3.05, 3.63) is 65.5 Å². The van der Waals surface area contributed by atoms with Gasteiger partial charge in [0, 0.05) is 13.1 Å². The molecule has 2 amide bonds. The monoisotopic (exact) mass is 328 g/mol. The summed E-state index contributed by atoms with van der Waals surface area (Å²) < 4.78 is 18.3. The van der Waals surface area contributed by atoms with Gasteiger partial charge < -0.3 is 15.0 Å². The number of nitrogens with zero attached hydrogens (tertiary/aromatic N) is 1. The first kappa shape index (κ1) is 16.3. The van der Waals surface area contributed by atoms with E-state index in [1.807, 2.05) is 29.2 Å². The highest BCUT2D eigenvalue weighted by molar-refractivity contribution is 5.75. The highest BCUT2D eigenvalue weighted by Crippen LogP contribution is 2.31. The molecule has 0 spiro atoms. The van der Waals surface area contributed by atoms with Crippen LogP contribution in [0.25, 0.3) is 0 Å². The molecule has 1 saturated heterocycles. The summed E-state index contributed by atoms with van der Waals surface area (Å²) in [6.45, 7) is 1.16. The van der Waals surface area contributed by atoms with Crippen molar-refractivity contribution >= 4 is 6.03 Å². The molecule has 3 rings (SSSR count). The number of hydrogen-bond donors (Lipinski definition) is 1. The highest BCUT2D eigenvalue weighted by atomic mass is 19.1. The third-order valence-electron chi connectivity index (χ3n) is 4.35. The Balaban J connectivity index is 1.64. The lowest BCUT2D eigenvalue weighted by atomic mass is 10.0. The van der Waals surface area contributed by atoms with E-state index in [9.17, 15) is 9.18 Å². The van der Waals surface area contributed by atoms with Crippen LogP contribution in [-0.2, 0) is 6.54 Å². The number of methoxy groups -OCH3 is 1. The molecule has 0 unspecified atom stereocenters. The van der Waals surface area contributed by atoms with Crippen LogP contribution >= 0.6 is 0 Å². The average Bonchev–Trinajstić information content (AvgIpc) is 3.10. The average molecular weight is 328 g/mol. The van der Waals surface area contributed by atoms with Crippen LogP contribution in [0.4, 0.5) is 9.18 Å². The second-order valence-corrected chi connectivity index (χ2v) is 5.91. The number of benzene rings is 2. The Hall–Kier alpha value is -2.56. The van der Waals surface area contributed by atoms with Gasteiger partial charge in [-0.2, -0.15) is 0 Å². The van der Waals surface area contributed by atoms with E-state index >= 15 is 0 Å². The summed E-state index contributed by atoms with van der Waals surface area (Å²) in [5.41, 5.74) is 1.96. The third-order valence-corrected chi connectivity index (χ3v) is 4.35. The van der Waals surface area contributed by atoms with E-state index < -0.39 is 0 Å². The maximum atomic E-state index is 13.1. The van der Waals surface area contributed by atoms with Gasteiger partial charge in [0.1, 0.15) is 11.6 Å². The quantitative estimate of drug-likeness (QED) is 0.925. The summed E-state index contributed by atoms with van der Waals surface area (Å²) in [6, 6.07) is 13.9. The van der Waals surface area contributed by atoms with E-state index in [1.54, 1.807) is 19.2 Å². The number of halogens is 1. The Labute approximate surface area is 141 Å². The summed E-state index contributed by atoms with van der Waals surface area (Å²) in [4.78, 5) is 14.4. The zero-order chi connectivity index (χ0) is 16.9. The molecule has 0 saturated carbocycles. The normalized spacial score (nSPS) is 16.9. The van der Waals surface area contributed by atoms with Crippen LogP contribution < -0.4 is 10.1 Å². The minimum atomic E-state index is -0.259. The number of rotatable bonds is 4. The van der Waals surface area contributed by atoms with E-state index in [0.717, 1.165) is 29.7 Å². The van der Waals surface area contributed by atoms with E-state index in [0.29, 0.717) is 13.1 Å². The molecule has 1 aliphatic heterocycles. The second kappa shape index (κ2) is 7.34. The Morgan fingerprint density at radius 2 is 2.08 bits per heavy atom. The predicted molar refractivity (Wildman–Crippen MR) is 90.3 cm³/mol. The van der Waals surface area contributed by atoms with Gasteiger partial charge in [0.2, 0.25) is 0 Å². The molecule has 24 heavy (non-hydrogen) atoms. The fourth-order valence-corrected chi connectivity index (χ4v) is 3.10. The van der Waals surface area contributed by atoms with Crippen LogP contribution in [0.1, 0.15) is 30.0 Å². The number of nitrogens with one attached hydrogen (secondary N) is 1. The Bertz CT molecular complexity index is 703. The van der Waals surface area contributed by atoms with Crippen molar-refractivity contribution in [1.82, 2.24) is 10.2 Å². The zero-order valence-corrected chi connectivity index (χ0v) is 13.7. The van der Waals surface area contributed by atoms with Crippen LogP contribution in [0.15, 0.2) is 48.5 Å². The molecule has 1 aliphatic rings. The maximum Gasteiger partial charge on any atom is 0.318 e. The molecular formula is C19H21FN2O2. The number of amides is 2. The maximum absolute atomic E-state index is 13.1. The van der Waals surface area contributed by atoms with Gasteiger partial charge in [0.05, 0.1) is 13.2 Å². The SMILES string of the molecule is COc1cccc(CNC(=O)N2CCC[C@@H]2c2ccc(F)cc2)c1. The van der Waals surface area contributed by atoms with E-state index in [1.165, 1.54) is 12.1 Å². The van der Waals surface area contributed by atoms with Crippen molar-refractivity contribution < 1.29 is 13.9 Å². The minimum absolute atomic E-state index is 0.0101. The van der Waals surface area contributed by atoms with Gasteiger partial charge in [-0.3, -0.25) is 0 Å². The van der Waals surface area contributed by atoms with Gasteiger partial charge in [0.25, 0.3) is 0 Å². The molecular weight excluding hydrogens is 307 g/mol. The lowest BCUT2D eigenvalue weighted by Gasteiger charge is -2.25. The van der Waals surface area contributed by atoms with E-state index in [2.05, 4.69) is 5.32 Å². The molecule has 0 aliphatic carbocycles. The van der Waals surface area contributed by atoms with Crippen molar-refractivity contribution in [2.75, 3.05) is 13.7 Å². The number of carbonyl (C=O) groups excluding carboxylic acids is 1. The van der Waals surface area contributed by atoms with E-state index in [-0.39, 0.29) is 17.9 Å². The van der Waals surface area contributed by atoms with Gasteiger partial charge in [0.15, 0.2) is 0 Å². The predicted octanol–water partition coefficient (Wildman–Crippen LogP) is 3.88. The van der Waals surface area contributed by atoms with Gasteiger partial charge in [-0.05, 0) is 48.2 Å². The third kappa shape index (κ3) is 3.67. The topological polar surface area (TPSA) is 41.6 Å². The largest absolute Gasteiger partial charge is 0.497 e. The van der Waals surface area contributed by atoms with E-state index in [4.69, 9.17) is 4.74 Å². The Morgan fingerprint density at radius 3 is 2.83 bits per heavy atom. The van der Waals surface area contributed by atoms with Crippen LogP contribution in [0.3, 0.4) is 0 Å². The second-order valence-electron chi connectivity index (χ2n) is 5.91. The molecule has 0 bridgehead atoms. The zero-order valence-electron chi connectivity index (χ0n) is 13.7. The molecule has 126 valence electrons. The number of urea groups is 1. The first-order chi connectivity index (χ1) is 11.7. The van der Waals surface area contributed by atoms with Gasteiger partial charge in [-0.25, -0.2) is 9.18 Å². The molecule has 1 fully saturated rings. The van der Waals surface area contributed by atoms with Gasteiger partial charge >= 0.3 is 6.03 Å². The fraction of sp³-hybridized carbons (Fsp3) is 0.316. The van der Waals surface area contributed by atoms with Crippen molar-refractivity contribution in [3.8, 4) is 5.75 Å². The molecule has 5 heteroatoms. The molecule has 2 aromatic rings. The minimum Gasteiger partial charge on any atom is -0.497 e. The molecule has 4 nitrogen and oxygen atoms in total. The Morgan fingerprint density at radius 1 is 1.29 bits per heavy atom. The first-order valence-electron chi connectivity index (χ1n) is 8.10. The molecule has 2 aromatic carbocycles. The van der Waals surface area contributed by atoms with Gasteiger partial charge in [-0.1, -0.05) is 24.3 Å². The molecule has 1 heterocycles. The molecule has 1 atom stereocenters. The lowest BCUT2D eigenvalue weighted by Crippen LogP contribution is -2.39. The van der Waals surface area contributed by atoms with Crippen LogP contribution in [0.2, 0.25) is 0 Å². The summed E-state index contributed by atoms with van der Waals surface area (Å²) in [7, 11) is 1.62. The first-order valence-corrected chi connectivity index (χ1v) is 8.10. The van der Waals surface area contributed by atoms with Crippen molar-refractivity contribution in [2.24, 2.45) is 0 Å². The summed E-state index contributed by atoms with van der Waals surface area (Å²) in [5.74, 6) is 0.512. The Kier molecular flexibility index (Phi) is 4.99. The van der Waals surface area contributed by atoms with Gasteiger partial charge in [-0.15, -0.1) is 0 Å². The summed E-state index contributed by atoms with van der Waals surface area (Å²) >= 11 is 0. The molecule has 1 N–H and O–H groups in total. The van der Waals surface area contributed by atoms with Crippen LogP contribution in [-0.4, -0.2) is 24.6 Å². The summed E-state index contributed by atoms with van der Waals surface area (Å²) in [5, 5.41) is 2.96. The highest BCUT2D eigenvalue weighted by Gasteiger charge is 2.29. The molecule has 0 radical (unpaired) electrons. The van der Waals surface area contributed by atoms with Crippen molar-refractivity contribution in [2.45, 2.75) is 25.4 Å². The standard InChI is InChI=1S/C19H21FN2O2/c1-24-17-5-2-4-14(12-17)13-21-19(23)22-11-3-6-18(22)15-7-9-16(20)10-8-15/h2,4-5,7-10,12,18H,3,6,11,13H2,1H3,(H,21,23)/t18-/m1/s1. The number of likely N-dealkylation sites (tertiary alicyclic amines) is 1. The fourth-order valence-electron chi connectivity index (χ4n) is 3.10. The van der Waals surface area contributed by atoms with Crippen molar-refractivity contribution in [3.63, 3.8) is 0 Å². The van der Waals surface area contributed by atoms with Crippen molar-refractivity contribution in [1.29, 1.82) is 0 Å². The summed E-state index contributed by atoms with van der Waals surface area (Å²) in [6.07, 6.45) is 1.85. The van der Waals surface area contributed by atoms with Crippen LogP contribution in [0, 0.1) is 5.82 Å². The molecule has 0 aromatic heterocycles. The lowest BCUT2D eigenvalue weighted by molar-refractivity contribution is 0.192. The smallest absolute Gasteiger partial charge is 0.318 e. The van der Waals surface area contributed by atoms with Crippen LogP contribution in [0.5, 0.6) is 5.75 Å². The number of carbonyl (C=O) groups is 1. The number of ether oxygens (including phenoxy) is 1. The number of hydrogen-bond acceptors (Lipinski definition) is 2.